The summed E-state index contributed by atoms with van der Waals surface area (Å²) < 4.78 is 29.1. The van der Waals surface area contributed by atoms with Crippen LogP contribution in [0.15, 0.2) is 76.5 Å². The quantitative estimate of drug-likeness (QED) is 0.234. The molecule has 1 atom stereocenters. The zero-order chi connectivity index (χ0) is 30.4. The van der Waals surface area contributed by atoms with E-state index < -0.39 is 28.5 Å². The van der Waals surface area contributed by atoms with Gasteiger partial charge in [0.2, 0.25) is 11.8 Å². The summed E-state index contributed by atoms with van der Waals surface area (Å²) >= 11 is 14.1. The second-order valence-corrected chi connectivity index (χ2v) is 14.0. The van der Waals surface area contributed by atoms with Crippen LogP contribution in [0.1, 0.15) is 43.7 Å². The van der Waals surface area contributed by atoms with Crippen molar-refractivity contribution in [2.45, 2.75) is 68.0 Å². The molecule has 3 aromatic rings. The number of carbonyl (C=O) groups excluding carboxylic acids is 2. The summed E-state index contributed by atoms with van der Waals surface area (Å²) in [5, 5.41) is 3.85. The number of nitrogens with zero attached hydrogens (tertiary/aromatic N) is 2. The fourth-order valence-electron chi connectivity index (χ4n) is 4.92. The van der Waals surface area contributed by atoms with Gasteiger partial charge in [0, 0.05) is 27.5 Å². The molecule has 1 N–H and O–H groups in total. The van der Waals surface area contributed by atoms with Crippen LogP contribution in [0.5, 0.6) is 0 Å². The normalized spacial score (nSPS) is 14.4. The van der Waals surface area contributed by atoms with Crippen LogP contribution in [0, 0.1) is 6.92 Å². The van der Waals surface area contributed by atoms with Crippen LogP contribution in [-0.4, -0.2) is 50.0 Å². The number of benzene rings is 3. The molecule has 2 amide bonds. The Morgan fingerprint density at radius 3 is 2.24 bits per heavy atom. The topological polar surface area (TPSA) is 86.8 Å². The lowest BCUT2D eigenvalue weighted by molar-refractivity contribution is -0.139. The Bertz CT molecular complexity index is 1510. The van der Waals surface area contributed by atoms with Crippen LogP contribution in [0.4, 0.5) is 5.69 Å². The lowest BCUT2D eigenvalue weighted by atomic mass is 10.1. The number of nitrogens with one attached hydrogen (secondary N) is 1. The fraction of sp³-hybridized carbons (Fsp3) is 0.355. The molecule has 0 aromatic heterocycles. The molecule has 1 aliphatic rings. The van der Waals surface area contributed by atoms with Crippen molar-refractivity contribution in [2.75, 3.05) is 17.1 Å². The molecule has 1 fully saturated rings. The summed E-state index contributed by atoms with van der Waals surface area (Å²) in [4.78, 5) is 29.8. The van der Waals surface area contributed by atoms with E-state index in [1.54, 1.807) is 61.5 Å². The van der Waals surface area contributed by atoms with Gasteiger partial charge in [0.25, 0.3) is 10.0 Å². The molecule has 224 valence electrons. The van der Waals surface area contributed by atoms with E-state index in [1.807, 2.05) is 13.2 Å². The number of aryl methyl sites for hydroxylation is 1. The third kappa shape index (κ3) is 7.81. The Labute approximate surface area is 262 Å². The lowest BCUT2D eigenvalue weighted by Gasteiger charge is -2.32. The average Bonchev–Trinajstić information content (AvgIpc) is 3.48. The van der Waals surface area contributed by atoms with E-state index in [9.17, 15) is 18.0 Å². The van der Waals surface area contributed by atoms with Crippen molar-refractivity contribution in [3.05, 3.63) is 87.9 Å². The molecule has 0 saturated heterocycles. The molecular formula is C31H35Cl2N3O4S2. The maximum absolute atomic E-state index is 14.1. The number of halogens is 2. The second-order valence-electron chi connectivity index (χ2n) is 10.4. The van der Waals surface area contributed by atoms with Crippen LogP contribution in [0.25, 0.3) is 0 Å². The minimum Gasteiger partial charge on any atom is -0.352 e. The van der Waals surface area contributed by atoms with Crippen molar-refractivity contribution in [3.63, 3.8) is 0 Å². The summed E-state index contributed by atoms with van der Waals surface area (Å²) in [6, 6.07) is 17.6. The number of thioether (sulfide) groups is 1. The predicted molar refractivity (Wildman–Crippen MR) is 171 cm³/mol. The molecule has 11 heteroatoms. The third-order valence-corrected chi connectivity index (χ3v) is 10.6. The molecule has 0 aliphatic heterocycles. The van der Waals surface area contributed by atoms with E-state index in [1.165, 1.54) is 28.8 Å². The Hall–Kier alpha value is -2.72. The number of carbonyl (C=O) groups is 2. The minimum absolute atomic E-state index is 0.00169. The van der Waals surface area contributed by atoms with Gasteiger partial charge in [0.05, 0.1) is 10.6 Å². The van der Waals surface area contributed by atoms with Gasteiger partial charge in [-0.15, -0.1) is 11.8 Å². The SMILES string of the molecule is CSc1ccc(S(=O)(=O)N(CC(=O)N(Cc2ccc(Cl)cc2Cl)C(C)C(=O)NC2CCCC2)c2ccc(C)cc2)cc1. The molecule has 4 rings (SSSR count). The van der Waals surface area contributed by atoms with Gasteiger partial charge in [-0.2, -0.15) is 0 Å². The molecule has 42 heavy (non-hydrogen) atoms. The first kappa shape index (κ1) is 32.2. The predicted octanol–water partition coefficient (Wildman–Crippen LogP) is 6.70. The van der Waals surface area contributed by atoms with Gasteiger partial charge in [-0.25, -0.2) is 8.42 Å². The molecule has 0 heterocycles. The second kappa shape index (κ2) is 14.2. The van der Waals surface area contributed by atoms with Gasteiger partial charge >= 0.3 is 0 Å². The van der Waals surface area contributed by atoms with Crippen LogP contribution < -0.4 is 9.62 Å². The van der Waals surface area contributed by atoms with E-state index in [-0.39, 0.29) is 23.4 Å². The molecule has 7 nitrogen and oxygen atoms in total. The first-order chi connectivity index (χ1) is 20.0. The molecule has 0 radical (unpaired) electrons. The number of anilines is 1. The number of rotatable bonds is 11. The Balaban J connectivity index is 1.70. The van der Waals surface area contributed by atoms with E-state index in [0.29, 0.717) is 21.3 Å². The standard InChI is InChI=1S/C31H35Cl2N3O4S2/c1-21-8-12-26(13-9-21)36(42(39,40)28-16-14-27(41-3)15-17-28)20-30(37)35(19-23-10-11-24(32)18-29(23)33)22(2)31(38)34-25-6-4-5-7-25/h8-18,22,25H,4-7,19-20H2,1-3H3,(H,34,38). The minimum atomic E-state index is -4.14. The molecule has 0 bridgehead atoms. The highest BCUT2D eigenvalue weighted by atomic mass is 35.5. The molecular weight excluding hydrogens is 613 g/mol. The smallest absolute Gasteiger partial charge is 0.264 e. The monoisotopic (exact) mass is 647 g/mol. The summed E-state index contributed by atoms with van der Waals surface area (Å²) in [6.45, 7) is 3.04. The van der Waals surface area contributed by atoms with Crippen molar-refractivity contribution in [1.82, 2.24) is 10.2 Å². The zero-order valence-corrected chi connectivity index (χ0v) is 27.0. The first-order valence-corrected chi connectivity index (χ1v) is 17.2. The van der Waals surface area contributed by atoms with Gasteiger partial charge in [0.1, 0.15) is 12.6 Å². The number of amides is 2. The fourth-order valence-corrected chi connectivity index (χ4v) is 7.21. The molecule has 1 aliphatic carbocycles. The lowest BCUT2D eigenvalue weighted by Crippen LogP contribution is -2.52. The van der Waals surface area contributed by atoms with E-state index in [4.69, 9.17) is 23.2 Å². The number of sulfonamides is 1. The van der Waals surface area contributed by atoms with E-state index in [0.717, 1.165) is 40.4 Å². The van der Waals surface area contributed by atoms with Crippen LogP contribution in [-0.2, 0) is 26.2 Å². The van der Waals surface area contributed by atoms with Crippen LogP contribution >= 0.6 is 35.0 Å². The summed E-state index contributed by atoms with van der Waals surface area (Å²) in [7, 11) is -4.14. The Kier molecular flexibility index (Phi) is 10.9. The third-order valence-electron chi connectivity index (χ3n) is 7.47. The summed E-state index contributed by atoms with van der Waals surface area (Å²) in [5.74, 6) is -0.835. The van der Waals surface area contributed by atoms with Gasteiger partial charge in [-0.1, -0.05) is 59.8 Å². The van der Waals surface area contributed by atoms with E-state index in [2.05, 4.69) is 5.32 Å². The van der Waals surface area contributed by atoms with Crippen molar-refractivity contribution >= 4 is 62.5 Å². The van der Waals surface area contributed by atoms with Gasteiger partial charge in [-0.05, 0) is 87.0 Å². The van der Waals surface area contributed by atoms with Crippen LogP contribution in [0.2, 0.25) is 10.0 Å². The number of hydrogen-bond acceptors (Lipinski definition) is 5. The largest absolute Gasteiger partial charge is 0.352 e. The Morgan fingerprint density at radius 1 is 1.00 bits per heavy atom. The van der Waals surface area contributed by atoms with Crippen molar-refractivity contribution in [3.8, 4) is 0 Å². The zero-order valence-electron chi connectivity index (χ0n) is 23.8. The summed E-state index contributed by atoms with van der Waals surface area (Å²) in [6.07, 6.45) is 5.79. The molecule has 3 aromatic carbocycles. The Morgan fingerprint density at radius 2 is 1.64 bits per heavy atom. The first-order valence-electron chi connectivity index (χ1n) is 13.8. The summed E-state index contributed by atoms with van der Waals surface area (Å²) in [5.41, 5.74) is 1.88. The molecule has 1 unspecified atom stereocenters. The van der Waals surface area contributed by atoms with Gasteiger partial charge in [0.15, 0.2) is 0 Å². The van der Waals surface area contributed by atoms with E-state index >= 15 is 0 Å². The molecule has 0 spiro atoms. The van der Waals surface area contributed by atoms with Crippen molar-refractivity contribution in [2.24, 2.45) is 0 Å². The number of hydrogen-bond donors (Lipinski definition) is 1. The highest BCUT2D eigenvalue weighted by molar-refractivity contribution is 7.98. The van der Waals surface area contributed by atoms with Gasteiger partial charge in [-0.3, -0.25) is 13.9 Å². The maximum atomic E-state index is 14.1. The van der Waals surface area contributed by atoms with Gasteiger partial charge < -0.3 is 10.2 Å². The highest BCUT2D eigenvalue weighted by Crippen LogP contribution is 2.28. The average molecular weight is 649 g/mol. The molecule has 1 saturated carbocycles. The van der Waals surface area contributed by atoms with Crippen LogP contribution in [0.3, 0.4) is 0 Å². The van der Waals surface area contributed by atoms with Crippen molar-refractivity contribution in [1.29, 1.82) is 0 Å². The maximum Gasteiger partial charge on any atom is 0.264 e. The van der Waals surface area contributed by atoms with Crippen molar-refractivity contribution < 1.29 is 18.0 Å². The highest BCUT2D eigenvalue weighted by Gasteiger charge is 2.33.